The first-order valence-corrected chi connectivity index (χ1v) is 6.89. The zero-order chi connectivity index (χ0) is 16.5. The Hall–Kier alpha value is -1.48. The SMILES string of the molecule is FC(F)(F)c1cc(NCc2cnc(Cl)s2)cc(C(F)(F)F)c1. The van der Waals surface area contributed by atoms with E-state index in [1.54, 1.807) is 0 Å². The van der Waals surface area contributed by atoms with Crippen molar-refractivity contribution in [2.45, 2.75) is 18.9 Å². The Morgan fingerprint density at radius 1 is 1.00 bits per heavy atom. The van der Waals surface area contributed by atoms with Crippen LogP contribution in [0.5, 0.6) is 0 Å². The molecular weight excluding hydrogens is 354 g/mol. The van der Waals surface area contributed by atoms with Gasteiger partial charge in [0.1, 0.15) is 0 Å². The molecule has 0 unspecified atom stereocenters. The number of aromatic nitrogens is 1. The van der Waals surface area contributed by atoms with Crippen LogP contribution in [0.4, 0.5) is 32.0 Å². The zero-order valence-corrected chi connectivity index (χ0v) is 12.1. The lowest BCUT2D eigenvalue weighted by Crippen LogP contribution is -2.12. The molecule has 10 heteroatoms. The van der Waals surface area contributed by atoms with Gasteiger partial charge in [0.15, 0.2) is 4.47 Å². The lowest BCUT2D eigenvalue weighted by Gasteiger charge is -2.15. The molecule has 2 nitrogen and oxygen atoms in total. The largest absolute Gasteiger partial charge is 0.416 e. The second-order valence-corrected chi connectivity index (χ2v) is 5.92. The van der Waals surface area contributed by atoms with E-state index in [0.29, 0.717) is 17.0 Å². The number of hydrogen-bond acceptors (Lipinski definition) is 3. The standard InChI is InChI=1S/C12H7ClF6N2S/c13-10-21-5-9(22-10)4-20-8-2-6(11(14,15)16)1-7(3-8)12(17,18)19/h1-3,5,20H,4H2. The number of hydrogen-bond donors (Lipinski definition) is 1. The van der Waals surface area contributed by atoms with Crippen molar-refractivity contribution in [3.05, 3.63) is 44.9 Å². The molecule has 0 fully saturated rings. The minimum absolute atomic E-state index is 0.0169. The van der Waals surface area contributed by atoms with Gasteiger partial charge in [-0.25, -0.2) is 4.98 Å². The van der Waals surface area contributed by atoms with Gasteiger partial charge in [-0.15, -0.1) is 11.3 Å². The summed E-state index contributed by atoms with van der Waals surface area (Å²) >= 11 is 6.67. The maximum Gasteiger partial charge on any atom is 0.416 e. The molecule has 1 N–H and O–H groups in total. The average Bonchev–Trinajstić information content (AvgIpc) is 2.80. The van der Waals surface area contributed by atoms with E-state index in [9.17, 15) is 26.3 Å². The molecule has 0 saturated carbocycles. The Morgan fingerprint density at radius 3 is 1.95 bits per heavy atom. The van der Waals surface area contributed by atoms with Crippen LogP contribution in [0, 0.1) is 0 Å². The van der Waals surface area contributed by atoms with Crippen molar-refractivity contribution >= 4 is 28.6 Å². The van der Waals surface area contributed by atoms with E-state index in [1.807, 2.05) is 0 Å². The molecule has 120 valence electrons. The third-order valence-electron chi connectivity index (χ3n) is 2.58. The summed E-state index contributed by atoms with van der Waals surface area (Å²) in [4.78, 5) is 4.31. The summed E-state index contributed by atoms with van der Waals surface area (Å²) in [5, 5.41) is 2.51. The number of anilines is 1. The van der Waals surface area contributed by atoms with Crippen LogP contribution in [0.25, 0.3) is 0 Å². The summed E-state index contributed by atoms with van der Waals surface area (Å²) in [6.07, 6.45) is -8.35. The molecule has 2 rings (SSSR count). The second-order valence-electron chi connectivity index (χ2n) is 4.23. The van der Waals surface area contributed by atoms with E-state index in [-0.39, 0.29) is 22.8 Å². The van der Waals surface area contributed by atoms with Gasteiger partial charge in [-0.05, 0) is 18.2 Å². The monoisotopic (exact) mass is 360 g/mol. The van der Waals surface area contributed by atoms with Gasteiger partial charge in [-0.2, -0.15) is 26.3 Å². The number of benzene rings is 1. The number of thiazole rings is 1. The first-order chi connectivity index (χ1) is 10.1. The Bertz CT molecular complexity index is 632. The third-order valence-corrected chi connectivity index (χ3v) is 3.69. The van der Waals surface area contributed by atoms with Crippen LogP contribution in [0.2, 0.25) is 4.47 Å². The lowest BCUT2D eigenvalue weighted by atomic mass is 10.1. The van der Waals surface area contributed by atoms with Crippen LogP contribution in [-0.4, -0.2) is 4.98 Å². The van der Waals surface area contributed by atoms with Crippen molar-refractivity contribution in [1.29, 1.82) is 0 Å². The molecule has 22 heavy (non-hydrogen) atoms. The highest BCUT2D eigenvalue weighted by atomic mass is 35.5. The Labute approximate surface area is 129 Å². The maximum absolute atomic E-state index is 12.7. The molecule has 1 heterocycles. The fraction of sp³-hybridized carbons (Fsp3) is 0.250. The van der Waals surface area contributed by atoms with Crippen molar-refractivity contribution in [3.8, 4) is 0 Å². The molecule has 0 radical (unpaired) electrons. The number of nitrogens with one attached hydrogen (secondary N) is 1. The summed E-state index contributed by atoms with van der Waals surface area (Å²) in [7, 11) is 0. The number of alkyl halides is 6. The summed E-state index contributed by atoms with van der Waals surface area (Å²) < 4.78 is 76.3. The average molecular weight is 361 g/mol. The van der Waals surface area contributed by atoms with Gasteiger partial charge in [-0.3, -0.25) is 0 Å². The molecule has 0 aliphatic rings. The molecule has 0 aliphatic carbocycles. The first-order valence-electron chi connectivity index (χ1n) is 5.69. The molecule has 0 amide bonds. The number of halogens is 7. The van der Waals surface area contributed by atoms with Gasteiger partial charge < -0.3 is 5.32 Å². The Kier molecular flexibility index (Phi) is 4.57. The lowest BCUT2D eigenvalue weighted by molar-refractivity contribution is -0.143. The fourth-order valence-corrected chi connectivity index (χ4v) is 2.53. The summed E-state index contributed by atoms with van der Waals surface area (Å²) in [6, 6.07) is 1.32. The van der Waals surface area contributed by atoms with Crippen molar-refractivity contribution in [2.24, 2.45) is 0 Å². The van der Waals surface area contributed by atoms with Gasteiger partial charge >= 0.3 is 12.4 Å². The van der Waals surface area contributed by atoms with Crippen molar-refractivity contribution < 1.29 is 26.3 Å². The van der Waals surface area contributed by atoms with Gasteiger partial charge in [0.2, 0.25) is 0 Å². The maximum atomic E-state index is 12.7. The van der Waals surface area contributed by atoms with Crippen LogP contribution < -0.4 is 5.32 Å². The smallest absolute Gasteiger partial charge is 0.380 e. The summed E-state index contributed by atoms with van der Waals surface area (Å²) in [5.74, 6) is 0. The fourth-order valence-electron chi connectivity index (χ4n) is 1.61. The van der Waals surface area contributed by atoms with E-state index in [0.717, 1.165) is 11.3 Å². The van der Waals surface area contributed by atoms with Gasteiger partial charge in [0.25, 0.3) is 0 Å². The van der Waals surface area contributed by atoms with Crippen molar-refractivity contribution in [2.75, 3.05) is 5.32 Å². The van der Waals surface area contributed by atoms with Crippen LogP contribution in [-0.2, 0) is 18.9 Å². The molecule has 0 aliphatic heterocycles. The minimum atomic E-state index is -4.87. The quantitative estimate of drug-likeness (QED) is 0.737. The number of nitrogens with zero attached hydrogens (tertiary/aromatic N) is 1. The van der Waals surface area contributed by atoms with Crippen LogP contribution in [0.15, 0.2) is 24.4 Å². The molecular formula is C12H7ClF6N2S. The van der Waals surface area contributed by atoms with Crippen LogP contribution >= 0.6 is 22.9 Å². The third kappa shape index (κ3) is 4.26. The van der Waals surface area contributed by atoms with E-state index in [4.69, 9.17) is 11.6 Å². The molecule has 1 aromatic heterocycles. The van der Waals surface area contributed by atoms with E-state index in [2.05, 4.69) is 10.3 Å². The highest BCUT2D eigenvalue weighted by Gasteiger charge is 2.36. The van der Waals surface area contributed by atoms with Crippen molar-refractivity contribution in [3.63, 3.8) is 0 Å². The Morgan fingerprint density at radius 2 is 1.55 bits per heavy atom. The number of rotatable bonds is 3. The predicted molar refractivity (Wildman–Crippen MR) is 70.9 cm³/mol. The van der Waals surface area contributed by atoms with Crippen LogP contribution in [0.3, 0.4) is 0 Å². The van der Waals surface area contributed by atoms with E-state index < -0.39 is 23.5 Å². The Balaban J connectivity index is 2.29. The highest BCUT2D eigenvalue weighted by Crippen LogP contribution is 2.37. The highest BCUT2D eigenvalue weighted by molar-refractivity contribution is 7.15. The molecule has 1 aromatic carbocycles. The minimum Gasteiger partial charge on any atom is -0.380 e. The van der Waals surface area contributed by atoms with Gasteiger partial charge in [0, 0.05) is 16.8 Å². The van der Waals surface area contributed by atoms with Gasteiger partial charge in [0.05, 0.1) is 17.7 Å². The topological polar surface area (TPSA) is 24.9 Å². The first kappa shape index (κ1) is 16.9. The van der Waals surface area contributed by atoms with Crippen LogP contribution in [0.1, 0.15) is 16.0 Å². The van der Waals surface area contributed by atoms with Crippen molar-refractivity contribution in [1.82, 2.24) is 4.98 Å². The zero-order valence-electron chi connectivity index (χ0n) is 10.5. The summed E-state index contributed by atoms with van der Waals surface area (Å²) in [6.45, 7) is 0.0169. The normalized spacial score (nSPS) is 12.5. The molecule has 0 saturated heterocycles. The molecule has 0 atom stereocenters. The molecule has 0 spiro atoms. The summed E-state index contributed by atoms with van der Waals surface area (Å²) in [5.41, 5.74) is -3.02. The van der Waals surface area contributed by atoms with E-state index >= 15 is 0 Å². The molecule has 2 aromatic rings. The molecule has 0 bridgehead atoms. The van der Waals surface area contributed by atoms with Gasteiger partial charge in [-0.1, -0.05) is 11.6 Å². The van der Waals surface area contributed by atoms with E-state index in [1.165, 1.54) is 6.20 Å². The predicted octanol–water partition coefficient (Wildman–Crippen LogP) is 5.45. The second kappa shape index (κ2) is 5.96.